The van der Waals surface area contributed by atoms with Crippen LogP contribution in [0.15, 0.2) is 48.5 Å². The molecular weight excluding hydrogens is 324 g/mol. The number of hydrogen-bond donors (Lipinski definition) is 2. The van der Waals surface area contributed by atoms with Crippen LogP contribution in [0, 0.1) is 0 Å². The molecule has 0 atom stereocenters. The van der Waals surface area contributed by atoms with Crippen molar-refractivity contribution in [1.82, 2.24) is 0 Å². The monoisotopic (exact) mass is 342 g/mol. The van der Waals surface area contributed by atoms with Crippen molar-refractivity contribution in [2.24, 2.45) is 0 Å². The van der Waals surface area contributed by atoms with Gasteiger partial charge in [-0.3, -0.25) is 9.59 Å². The van der Waals surface area contributed by atoms with E-state index >= 15 is 0 Å². The molecule has 7 heteroatoms. The van der Waals surface area contributed by atoms with E-state index in [2.05, 4.69) is 15.4 Å². The number of carbonyl (C=O) groups is 3. The number of amides is 2. The molecule has 7 nitrogen and oxygen atoms in total. The number of nitrogens with one attached hydrogen (secondary N) is 2. The van der Waals surface area contributed by atoms with Gasteiger partial charge in [0.25, 0.3) is 5.91 Å². The second-order valence-electron chi connectivity index (χ2n) is 5.08. The third kappa shape index (κ3) is 5.35. The molecule has 0 spiro atoms. The molecule has 25 heavy (non-hydrogen) atoms. The minimum atomic E-state index is -0.448. The second-order valence-corrected chi connectivity index (χ2v) is 5.08. The van der Waals surface area contributed by atoms with E-state index in [1.807, 2.05) is 0 Å². The molecule has 2 aromatic rings. The first-order chi connectivity index (χ1) is 12.0. The summed E-state index contributed by atoms with van der Waals surface area (Å²) >= 11 is 0. The van der Waals surface area contributed by atoms with Gasteiger partial charge >= 0.3 is 5.97 Å². The summed E-state index contributed by atoms with van der Waals surface area (Å²) in [5, 5.41) is 5.28. The summed E-state index contributed by atoms with van der Waals surface area (Å²) < 4.78 is 10.1. The lowest BCUT2D eigenvalue weighted by Gasteiger charge is -2.11. The van der Waals surface area contributed by atoms with Crippen molar-refractivity contribution in [2.75, 3.05) is 24.4 Å². The predicted octanol–water partition coefficient (Wildman–Crippen LogP) is 2.45. The Morgan fingerprint density at radius 3 is 2.28 bits per heavy atom. The van der Waals surface area contributed by atoms with Crippen molar-refractivity contribution in [1.29, 1.82) is 0 Å². The zero-order valence-corrected chi connectivity index (χ0v) is 13.9. The molecule has 0 aliphatic heterocycles. The molecule has 2 amide bonds. The molecule has 0 aromatic heterocycles. The van der Waals surface area contributed by atoms with Crippen molar-refractivity contribution in [3.63, 3.8) is 0 Å². The van der Waals surface area contributed by atoms with E-state index in [1.54, 1.807) is 48.5 Å². The van der Waals surface area contributed by atoms with E-state index in [0.29, 0.717) is 22.7 Å². The lowest BCUT2D eigenvalue weighted by atomic mass is 10.2. The fourth-order valence-electron chi connectivity index (χ4n) is 2.03. The van der Waals surface area contributed by atoms with Crippen molar-refractivity contribution >= 4 is 29.2 Å². The summed E-state index contributed by atoms with van der Waals surface area (Å²) in [6, 6.07) is 13.1. The van der Waals surface area contributed by atoms with E-state index in [0.717, 1.165) is 0 Å². The summed E-state index contributed by atoms with van der Waals surface area (Å²) in [4.78, 5) is 34.5. The van der Waals surface area contributed by atoms with Crippen molar-refractivity contribution in [3.05, 3.63) is 54.1 Å². The lowest BCUT2D eigenvalue weighted by molar-refractivity contribution is -0.118. The van der Waals surface area contributed by atoms with Gasteiger partial charge in [0.05, 0.1) is 18.4 Å². The highest BCUT2D eigenvalue weighted by molar-refractivity contribution is 5.94. The molecule has 0 saturated heterocycles. The van der Waals surface area contributed by atoms with Gasteiger partial charge in [0, 0.05) is 12.6 Å². The molecule has 130 valence electrons. The maximum atomic E-state index is 12.0. The Balaban J connectivity index is 1.93. The SMILES string of the molecule is COC(=O)c1ccc(NC(=O)COc2ccccc2NC(C)=O)cc1. The summed E-state index contributed by atoms with van der Waals surface area (Å²) in [5.74, 6) is -0.653. The van der Waals surface area contributed by atoms with E-state index in [9.17, 15) is 14.4 Å². The second kappa shape index (κ2) is 8.49. The molecule has 0 aliphatic carbocycles. The number of esters is 1. The number of rotatable bonds is 6. The van der Waals surface area contributed by atoms with Gasteiger partial charge in [-0.2, -0.15) is 0 Å². The summed E-state index contributed by atoms with van der Waals surface area (Å²) in [7, 11) is 1.30. The quantitative estimate of drug-likeness (QED) is 0.787. The van der Waals surface area contributed by atoms with E-state index in [4.69, 9.17) is 4.74 Å². The fraction of sp³-hybridized carbons (Fsp3) is 0.167. The van der Waals surface area contributed by atoms with Crippen LogP contribution in [0.3, 0.4) is 0 Å². The van der Waals surface area contributed by atoms with Crippen LogP contribution in [-0.4, -0.2) is 31.5 Å². The minimum absolute atomic E-state index is 0.227. The molecular formula is C18H18N2O5. The molecule has 0 radical (unpaired) electrons. The summed E-state index contributed by atoms with van der Waals surface area (Å²) in [6.07, 6.45) is 0. The topological polar surface area (TPSA) is 93.7 Å². The summed E-state index contributed by atoms with van der Waals surface area (Å²) in [5.41, 5.74) is 1.41. The highest BCUT2D eigenvalue weighted by Gasteiger charge is 2.09. The predicted molar refractivity (Wildman–Crippen MR) is 92.7 cm³/mol. The Labute approximate surface area is 144 Å². The highest BCUT2D eigenvalue weighted by Crippen LogP contribution is 2.23. The van der Waals surface area contributed by atoms with Crippen LogP contribution in [0.4, 0.5) is 11.4 Å². The fourth-order valence-corrected chi connectivity index (χ4v) is 2.03. The first-order valence-corrected chi connectivity index (χ1v) is 7.47. The number of methoxy groups -OCH3 is 1. The molecule has 0 fully saturated rings. The minimum Gasteiger partial charge on any atom is -0.482 e. The largest absolute Gasteiger partial charge is 0.482 e. The average Bonchev–Trinajstić information content (AvgIpc) is 2.60. The maximum absolute atomic E-state index is 12.0. The van der Waals surface area contributed by atoms with Gasteiger partial charge in [0.2, 0.25) is 5.91 Å². The van der Waals surface area contributed by atoms with E-state index in [1.165, 1.54) is 14.0 Å². The Kier molecular flexibility index (Phi) is 6.11. The normalized spacial score (nSPS) is 9.84. The molecule has 0 aliphatic rings. The van der Waals surface area contributed by atoms with Crippen LogP contribution in [0.2, 0.25) is 0 Å². The van der Waals surface area contributed by atoms with Crippen LogP contribution >= 0.6 is 0 Å². The number of hydrogen-bond acceptors (Lipinski definition) is 5. The highest BCUT2D eigenvalue weighted by atomic mass is 16.5. The number of para-hydroxylation sites is 2. The number of carbonyl (C=O) groups excluding carboxylic acids is 3. The van der Waals surface area contributed by atoms with Gasteiger partial charge in [-0.25, -0.2) is 4.79 Å². The Hall–Kier alpha value is -3.35. The van der Waals surface area contributed by atoms with Crippen LogP contribution in [0.1, 0.15) is 17.3 Å². The van der Waals surface area contributed by atoms with Gasteiger partial charge in [0.1, 0.15) is 5.75 Å². The Bertz CT molecular complexity index is 771. The third-order valence-electron chi connectivity index (χ3n) is 3.15. The van der Waals surface area contributed by atoms with Crippen LogP contribution < -0.4 is 15.4 Å². The molecule has 0 unspecified atom stereocenters. The van der Waals surface area contributed by atoms with Gasteiger partial charge in [-0.1, -0.05) is 12.1 Å². The zero-order chi connectivity index (χ0) is 18.2. The molecule has 0 heterocycles. The van der Waals surface area contributed by atoms with E-state index in [-0.39, 0.29) is 18.4 Å². The van der Waals surface area contributed by atoms with Gasteiger partial charge in [-0.15, -0.1) is 0 Å². The van der Waals surface area contributed by atoms with Crippen molar-refractivity contribution < 1.29 is 23.9 Å². The zero-order valence-electron chi connectivity index (χ0n) is 13.9. The van der Waals surface area contributed by atoms with Gasteiger partial charge in [0.15, 0.2) is 6.61 Å². The Morgan fingerprint density at radius 2 is 1.64 bits per heavy atom. The summed E-state index contributed by atoms with van der Waals surface area (Å²) in [6.45, 7) is 1.16. The van der Waals surface area contributed by atoms with Gasteiger partial charge in [-0.05, 0) is 36.4 Å². The molecule has 2 N–H and O–H groups in total. The van der Waals surface area contributed by atoms with Crippen LogP contribution in [0.25, 0.3) is 0 Å². The Morgan fingerprint density at radius 1 is 0.960 bits per heavy atom. The smallest absolute Gasteiger partial charge is 0.337 e. The lowest BCUT2D eigenvalue weighted by Crippen LogP contribution is -2.20. The van der Waals surface area contributed by atoms with Crippen LogP contribution in [-0.2, 0) is 14.3 Å². The first-order valence-electron chi connectivity index (χ1n) is 7.47. The molecule has 0 bridgehead atoms. The number of anilines is 2. The van der Waals surface area contributed by atoms with E-state index < -0.39 is 5.97 Å². The van der Waals surface area contributed by atoms with Crippen molar-refractivity contribution in [2.45, 2.75) is 6.92 Å². The standard InChI is InChI=1S/C18H18N2O5/c1-12(21)19-15-5-3-4-6-16(15)25-11-17(22)20-14-9-7-13(8-10-14)18(23)24-2/h3-10H,11H2,1-2H3,(H,19,21)(H,20,22). The third-order valence-corrected chi connectivity index (χ3v) is 3.15. The number of ether oxygens (including phenoxy) is 2. The first kappa shape index (κ1) is 18.0. The average molecular weight is 342 g/mol. The maximum Gasteiger partial charge on any atom is 0.337 e. The number of benzene rings is 2. The molecule has 2 rings (SSSR count). The molecule has 2 aromatic carbocycles. The van der Waals surface area contributed by atoms with Gasteiger partial charge < -0.3 is 20.1 Å². The van der Waals surface area contributed by atoms with Crippen LogP contribution in [0.5, 0.6) is 5.75 Å². The van der Waals surface area contributed by atoms with Crippen molar-refractivity contribution in [3.8, 4) is 5.75 Å². The molecule has 0 saturated carbocycles.